The van der Waals surface area contributed by atoms with Crippen molar-refractivity contribution >= 4 is 0 Å². The fourth-order valence-electron chi connectivity index (χ4n) is 3.64. The maximum Gasteiger partial charge on any atom is 0.187 e. The Bertz CT molecular complexity index is 633. The number of hydrogen-bond donors (Lipinski definition) is 0. The van der Waals surface area contributed by atoms with E-state index in [2.05, 4.69) is 16.9 Å². The Morgan fingerprint density at radius 3 is 2.73 bits per heavy atom. The monoisotopic (exact) mass is 361 g/mol. The Hall–Kier alpha value is -1.63. The zero-order chi connectivity index (χ0) is 18.6. The van der Waals surface area contributed by atoms with Crippen LogP contribution in [-0.4, -0.2) is 36.9 Å². The summed E-state index contributed by atoms with van der Waals surface area (Å²) >= 11 is 0. The SMILES string of the molecule is CC1[C@@H]2OC(C)(C)O[C@H]2O[C@@H]1[C@@H](CCCN=[N+]=[N-])OCc1ccccc1. The highest BCUT2D eigenvalue weighted by atomic mass is 16.8. The standard InChI is InChI=1S/C19H27N3O4/c1-13-16(24-18-17(13)25-19(2,3)26-18)15(10-7-11-21-22-20)23-12-14-8-5-4-6-9-14/h4-6,8-9,13,15-18H,7,10-12H2,1-3H3/t13?,15-,16+,17+,18-/m1/s1. The smallest absolute Gasteiger partial charge is 0.187 e. The Morgan fingerprint density at radius 1 is 1.27 bits per heavy atom. The van der Waals surface area contributed by atoms with Gasteiger partial charge >= 0.3 is 0 Å². The van der Waals surface area contributed by atoms with Crippen molar-refractivity contribution in [3.05, 3.63) is 46.3 Å². The predicted molar refractivity (Wildman–Crippen MR) is 96.1 cm³/mol. The van der Waals surface area contributed by atoms with E-state index in [0.717, 1.165) is 18.4 Å². The maximum atomic E-state index is 8.46. The van der Waals surface area contributed by atoms with Gasteiger partial charge in [0.15, 0.2) is 12.1 Å². The van der Waals surface area contributed by atoms with E-state index in [-0.39, 0.29) is 30.5 Å². The van der Waals surface area contributed by atoms with Crippen LogP contribution < -0.4 is 0 Å². The summed E-state index contributed by atoms with van der Waals surface area (Å²) in [7, 11) is 0. The third kappa shape index (κ3) is 4.55. The van der Waals surface area contributed by atoms with Crippen molar-refractivity contribution in [3.63, 3.8) is 0 Å². The van der Waals surface area contributed by atoms with Crippen molar-refractivity contribution in [2.24, 2.45) is 11.0 Å². The molecule has 1 aromatic rings. The van der Waals surface area contributed by atoms with Gasteiger partial charge in [0.2, 0.25) is 0 Å². The Morgan fingerprint density at radius 2 is 2.04 bits per heavy atom. The number of ether oxygens (including phenoxy) is 4. The van der Waals surface area contributed by atoms with Gasteiger partial charge in [0.05, 0.1) is 18.8 Å². The molecule has 142 valence electrons. The van der Waals surface area contributed by atoms with Gasteiger partial charge < -0.3 is 18.9 Å². The van der Waals surface area contributed by atoms with Crippen LogP contribution in [0.5, 0.6) is 0 Å². The first kappa shape index (κ1) is 19.1. The molecule has 0 bridgehead atoms. The second kappa shape index (κ2) is 8.37. The van der Waals surface area contributed by atoms with E-state index < -0.39 is 5.79 Å². The van der Waals surface area contributed by atoms with Crippen molar-refractivity contribution in [1.29, 1.82) is 0 Å². The average molecular weight is 361 g/mol. The van der Waals surface area contributed by atoms with Crippen LogP contribution in [0.4, 0.5) is 0 Å². The molecule has 26 heavy (non-hydrogen) atoms. The fraction of sp³-hybridized carbons (Fsp3) is 0.684. The number of benzene rings is 1. The van der Waals surface area contributed by atoms with Crippen molar-refractivity contribution < 1.29 is 18.9 Å². The summed E-state index contributed by atoms with van der Waals surface area (Å²) in [5.74, 6) is -0.460. The highest BCUT2D eigenvalue weighted by molar-refractivity contribution is 5.13. The molecule has 5 atom stereocenters. The molecular weight excluding hydrogens is 334 g/mol. The minimum absolute atomic E-state index is 0.0880. The Balaban J connectivity index is 1.64. The molecule has 2 aliphatic heterocycles. The highest BCUT2D eigenvalue weighted by Gasteiger charge is 2.54. The predicted octanol–water partition coefficient (Wildman–Crippen LogP) is 4.17. The zero-order valence-electron chi connectivity index (χ0n) is 15.6. The summed E-state index contributed by atoms with van der Waals surface area (Å²) < 4.78 is 24.2. The molecule has 0 aliphatic carbocycles. The number of nitrogens with zero attached hydrogens (tertiary/aromatic N) is 3. The van der Waals surface area contributed by atoms with Gasteiger partial charge in [-0.1, -0.05) is 42.4 Å². The lowest BCUT2D eigenvalue weighted by atomic mass is 9.94. The molecule has 1 aromatic carbocycles. The molecule has 7 heteroatoms. The third-order valence-corrected chi connectivity index (χ3v) is 4.90. The molecule has 2 fully saturated rings. The van der Waals surface area contributed by atoms with Crippen molar-refractivity contribution in [2.75, 3.05) is 6.54 Å². The van der Waals surface area contributed by atoms with Crippen LogP contribution in [0.1, 0.15) is 39.2 Å². The van der Waals surface area contributed by atoms with Crippen LogP contribution in [-0.2, 0) is 25.6 Å². The van der Waals surface area contributed by atoms with Gasteiger partial charge in [-0.15, -0.1) is 0 Å². The van der Waals surface area contributed by atoms with Gasteiger partial charge in [-0.2, -0.15) is 0 Å². The highest BCUT2D eigenvalue weighted by Crippen LogP contribution is 2.42. The molecule has 2 saturated heterocycles. The van der Waals surface area contributed by atoms with E-state index in [1.54, 1.807) is 0 Å². The first-order chi connectivity index (χ1) is 12.5. The first-order valence-corrected chi connectivity index (χ1v) is 9.17. The van der Waals surface area contributed by atoms with Crippen LogP contribution in [0.15, 0.2) is 35.4 Å². The quantitative estimate of drug-likeness (QED) is 0.301. The lowest BCUT2D eigenvalue weighted by Gasteiger charge is -2.29. The van der Waals surface area contributed by atoms with E-state index >= 15 is 0 Å². The molecule has 7 nitrogen and oxygen atoms in total. The molecule has 0 amide bonds. The van der Waals surface area contributed by atoms with Crippen LogP contribution in [0.2, 0.25) is 0 Å². The molecule has 0 spiro atoms. The van der Waals surface area contributed by atoms with Gasteiger partial charge in [0.25, 0.3) is 0 Å². The summed E-state index contributed by atoms with van der Waals surface area (Å²) in [5.41, 5.74) is 9.58. The number of rotatable bonds is 8. The van der Waals surface area contributed by atoms with Gasteiger partial charge in [-0.05, 0) is 37.8 Å². The normalized spacial score (nSPS) is 30.6. The van der Waals surface area contributed by atoms with Gasteiger partial charge in [-0.25, -0.2) is 0 Å². The average Bonchev–Trinajstić information content (AvgIpc) is 3.08. The Labute approximate surface area is 154 Å². The molecular formula is C19H27N3O4. The van der Waals surface area contributed by atoms with Crippen LogP contribution in [0, 0.1) is 5.92 Å². The van der Waals surface area contributed by atoms with Gasteiger partial charge in [0, 0.05) is 17.4 Å². The summed E-state index contributed by atoms with van der Waals surface area (Å²) in [6.45, 7) is 6.89. The molecule has 0 saturated carbocycles. The zero-order valence-corrected chi connectivity index (χ0v) is 15.6. The summed E-state index contributed by atoms with van der Waals surface area (Å²) in [6.07, 6.45) is 0.832. The van der Waals surface area contributed by atoms with Crippen molar-refractivity contribution in [1.82, 2.24) is 0 Å². The minimum Gasteiger partial charge on any atom is -0.371 e. The summed E-state index contributed by atoms with van der Waals surface area (Å²) in [6, 6.07) is 10.1. The van der Waals surface area contributed by atoms with Crippen LogP contribution in [0.3, 0.4) is 0 Å². The molecule has 0 aromatic heterocycles. The lowest BCUT2D eigenvalue weighted by Crippen LogP contribution is -2.37. The molecule has 0 radical (unpaired) electrons. The largest absolute Gasteiger partial charge is 0.371 e. The molecule has 0 N–H and O–H groups in total. The topological polar surface area (TPSA) is 85.7 Å². The molecule has 3 rings (SSSR count). The second-order valence-corrected chi connectivity index (χ2v) is 7.36. The molecule has 2 aliphatic rings. The molecule has 2 heterocycles. The first-order valence-electron chi connectivity index (χ1n) is 9.17. The summed E-state index contributed by atoms with van der Waals surface area (Å²) in [5, 5.41) is 3.62. The number of fused-ring (bicyclic) bond motifs is 1. The van der Waals surface area contributed by atoms with Gasteiger partial charge in [-0.3, -0.25) is 0 Å². The van der Waals surface area contributed by atoms with E-state index in [1.807, 2.05) is 44.2 Å². The third-order valence-electron chi connectivity index (χ3n) is 4.90. The van der Waals surface area contributed by atoms with Crippen LogP contribution in [0.25, 0.3) is 10.4 Å². The minimum atomic E-state index is -0.615. The Kier molecular flexibility index (Phi) is 6.16. The van der Waals surface area contributed by atoms with E-state index in [0.29, 0.717) is 13.2 Å². The lowest BCUT2D eigenvalue weighted by molar-refractivity contribution is -0.224. The second-order valence-electron chi connectivity index (χ2n) is 7.36. The van der Waals surface area contributed by atoms with Crippen LogP contribution >= 0.6 is 0 Å². The fourth-order valence-corrected chi connectivity index (χ4v) is 3.64. The number of azide groups is 1. The molecule has 1 unspecified atom stereocenters. The van der Waals surface area contributed by atoms with E-state index in [1.165, 1.54) is 0 Å². The summed E-state index contributed by atoms with van der Waals surface area (Å²) in [4.78, 5) is 2.81. The van der Waals surface area contributed by atoms with E-state index in [9.17, 15) is 0 Å². The van der Waals surface area contributed by atoms with Crippen molar-refractivity contribution in [2.45, 2.75) is 70.6 Å². The number of hydrogen-bond acceptors (Lipinski definition) is 5. The maximum absolute atomic E-state index is 8.46. The van der Waals surface area contributed by atoms with Gasteiger partial charge in [0.1, 0.15) is 6.10 Å². The van der Waals surface area contributed by atoms with E-state index in [4.69, 9.17) is 24.5 Å². The van der Waals surface area contributed by atoms with Crippen molar-refractivity contribution in [3.8, 4) is 0 Å².